The second-order valence-electron chi connectivity index (χ2n) is 7.40. The summed E-state index contributed by atoms with van der Waals surface area (Å²) in [6.07, 6.45) is 4.84. The van der Waals surface area contributed by atoms with E-state index in [-0.39, 0.29) is 5.57 Å². The first kappa shape index (κ1) is 19.0. The van der Waals surface area contributed by atoms with Crippen molar-refractivity contribution in [3.05, 3.63) is 52.8 Å². The van der Waals surface area contributed by atoms with Crippen LogP contribution in [0.2, 0.25) is 0 Å². The highest BCUT2D eigenvalue weighted by Crippen LogP contribution is 2.28. The van der Waals surface area contributed by atoms with E-state index in [9.17, 15) is 14.4 Å². The van der Waals surface area contributed by atoms with Crippen molar-refractivity contribution in [2.75, 3.05) is 22.9 Å². The number of benzene rings is 1. The number of piperidine rings is 1. The number of aryl methyl sites for hydroxylation is 1. The molecule has 150 valence electrons. The molecule has 29 heavy (non-hydrogen) atoms. The molecular formula is C22H23N3O4. The second-order valence-corrected chi connectivity index (χ2v) is 7.40. The van der Waals surface area contributed by atoms with E-state index in [1.54, 1.807) is 18.2 Å². The van der Waals surface area contributed by atoms with E-state index in [0.29, 0.717) is 11.4 Å². The van der Waals surface area contributed by atoms with E-state index in [0.717, 1.165) is 47.8 Å². The number of rotatable bonds is 3. The summed E-state index contributed by atoms with van der Waals surface area (Å²) >= 11 is 0. The van der Waals surface area contributed by atoms with E-state index in [2.05, 4.69) is 10.2 Å². The predicted octanol–water partition coefficient (Wildman–Crippen LogP) is 3.55. The Morgan fingerprint density at radius 2 is 1.76 bits per heavy atom. The number of amides is 4. The number of carbonyl (C=O) groups is 3. The van der Waals surface area contributed by atoms with Crippen LogP contribution in [0.5, 0.6) is 0 Å². The standard InChI is InChI=1S/C22H23N3O4/c1-14-7-6-8-18(15(14)2)25-21(27)17(20(26)23-22(25)28)13-16-9-10-19(29-16)24-11-4-3-5-12-24/h6-10,13H,3-5,11-12H2,1-2H3,(H,23,26,28)/b17-13-. The largest absolute Gasteiger partial charge is 0.441 e. The summed E-state index contributed by atoms with van der Waals surface area (Å²) in [6.45, 7) is 5.59. The first-order valence-corrected chi connectivity index (χ1v) is 9.78. The van der Waals surface area contributed by atoms with Gasteiger partial charge >= 0.3 is 6.03 Å². The molecule has 0 unspecified atom stereocenters. The van der Waals surface area contributed by atoms with Crippen LogP contribution in [0.4, 0.5) is 16.4 Å². The topological polar surface area (TPSA) is 82.9 Å². The number of nitrogens with zero attached hydrogens (tertiary/aromatic N) is 2. The molecule has 4 amide bonds. The summed E-state index contributed by atoms with van der Waals surface area (Å²) in [4.78, 5) is 41.0. The lowest BCUT2D eigenvalue weighted by Crippen LogP contribution is -2.54. The number of anilines is 2. The van der Waals surface area contributed by atoms with Gasteiger partial charge in [-0.15, -0.1) is 0 Å². The van der Waals surface area contributed by atoms with Gasteiger partial charge in [0, 0.05) is 19.2 Å². The Kier molecular flexibility index (Phi) is 4.96. The highest BCUT2D eigenvalue weighted by atomic mass is 16.4. The van der Waals surface area contributed by atoms with Gasteiger partial charge in [-0.1, -0.05) is 12.1 Å². The Bertz CT molecular complexity index is 1010. The normalized spacial score (nSPS) is 19.1. The van der Waals surface area contributed by atoms with E-state index in [1.165, 1.54) is 12.5 Å². The average Bonchev–Trinajstić information content (AvgIpc) is 3.18. The van der Waals surface area contributed by atoms with Crippen LogP contribution in [0.1, 0.15) is 36.1 Å². The number of furan rings is 1. The Hall–Kier alpha value is -3.35. The minimum atomic E-state index is -0.751. The van der Waals surface area contributed by atoms with Gasteiger partial charge in [-0.2, -0.15) is 0 Å². The van der Waals surface area contributed by atoms with Crippen molar-refractivity contribution >= 4 is 35.5 Å². The number of carbonyl (C=O) groups excluding carboxylic acids is 3. The number of urea groups is 1. The van der Waals surface area contributed by atoms with Crippen LogP contribution in [0, 0.1) is 13.8 Å². The molecule has 2 aromatic rings. The summed E-state index contributed by atoms with van der Waals surface area (Å²) in [5.74, 6) is -0.261. The lowest BCUT2D eigenvalue weighted by molar-refractivity contribution is -0.122. The predicted molar refractivity (Wildman–Crippen MR) is 110 cm³/mol. The number of hydrogen-bond acceptors (Lipinski definition) is 5. The zero-order chi connectivity index (χ0) is 20.5. The van der Waals surface area contributed by atoms with Gasteiger partial charge in [0.15, 0.2) is 5.88 Å². The highest BCUT2D eigenvalue weighted by molar-refractivity contribution is 6.39. The first-order valence-electron chi connectivity index (χ1n) is 9.78. The summed E-state index contributed by atoms with van der Waals surface area (Å²) in [5.41, 5.74) is 2.07. The van der Waals surface area contributed by atoms with Crippen molar-refractivity contribution in [1.82, 2.24) is 5.32 Å². The van der Waals surface area contributed by atoms with E-state index >= 15 is 0 Å². The third-order valence-corrected chi connectivity index (χ3v) is 5.49. The lowest BCUT2D eigenvalue weighted by atomic mass is 10.0. The molecule has 2 saturated heterocycles. The van der Waals surface area contributed by atoms with Gasteiger partial charge in [0.05, 0.1) is 5.69 Å². The molecule has 2 fully saturated rings. The molecule has 0 bridgehead atoms. The van der Waals surface area contributed by atoms with Gasteiger partial charge in [-0.05, 0) is 62.4 Å². The molecule has 3 heterocycles. The molecule has 4 rings (SSSR count). The monoisotopic (exact) mass is 393 g/mol. The maximum absolute atomic E-state index is 13.0. The van der Waals surface area contributed by atoms with Gasteiger partial charge in [0.2, 0.25) is 0 Å². The zero-order valence-electron chi connectivity index (χ0n) is 16.5. The quantitative estimate of drug-likeness (QED) is 0.637. The number of nitrogens with one attached hydrogen (secondary N) is 1. The third kappa shape index (κ3) is 3.55. The summed E-state index contributed by atoms with van der Waals surface area (Å²) in [5, 5.41) is 2.25. The fraction of sp³-hybridized carbons (Fsp3) is 0.318. The molecule has 1 aromatic heterocycles. The van der Waals surface area contributed by atoms with Gasteiger partial charge in [-0.3, -0.25) is 14.9 Å². The van der Waals surface area contributed by atoms with Crippen LogP contribution in [0.15, 0.2) is 40.3 Å². The molecule has 0 radical (unpaired) electrons. The van der Waals surface area contributed by atoms with Crippen LogP contribution in [-0.4, -0.2) is 30.9 Å². The molecule has 0 atom stereocenters. The van der Waals surface area contributed by atoms with Gasteiger partial charge in [0.25, 0.3) is 11.8 Å². The van der Waals surface area contributed by atoms with Crippen LogP contribution in [0.3, 0.4) is 0 Å². The van der Waals surface area contributed by atoms with Gasteiger partial charge in [0.1, 0.15) is 11.3 Å². The molecule has 7 nitrogen and oxygen atoms in total. The molecule has 1 aromatic carbocycles. The average molecular weight is 393 g/mol. The molecular weight excluding hydrogens is 370 g/mol. The van der Waals surface area contributed by atoms with Crippen molar-refractivity contribution < 1.29 is 18.8 Å². The fourth-order valence-corrected chi connectivity index (χ4v) is 3.70. The van der Waals surface area contributed by atoms with Crippen molar-refractivity contribution in [2.45, 2.75) is 33.1 Å². The van der Waals surface area contributed by atoms with Crippen molar-refractivity contribution in [3.8, 4) is 0 Å². The minimum absolute atomic E-state index is 0.134. The van der Waals surface area contributed by atoms with Crippen molar-refractivity contribution in [3.63, 3.8) is 0 Å². The summed E-state index contributed by atoms with van der Waals surface area (Å²) in [6, 6.07) is 8.19. The van der Waals surface area contributed by atoms with Gasteiger partial charge < -0.3 is 9.32 Å². The Morgan fingerprint density at radius 3 is 2.52 bits per heavy atom. The number of imide groups is 2. The Labute approximate surface area is 169 Å². The number of barbiturate groups is 1. The maximum Gasteiger partial charge on any atom is 0.335 e. The molecule has 1 N–H and O–H groups in total. The minimum Gasteiger partial charge on any atom is -0.441 e. The highest BCUT2D eigenvalue weighted by Gasteiger charge is 2.37. The molecule has 0 aliphatic carbocycles. The first-order chi connectivity index (χ1) is 14.0. The fourth-order valence-electron chi connectivity index (χ4n) is 3.70. The number of hydrogen-bond donors (Lipinski definition) is 1. The third-order valence-electron chi connectivity index (χ3n) is 5.49. The molecule has 0 saturated carbocycles. The molecule has 0 spiro atoms. The zero-order valence-corrected chi connectivity index (χ0v) is 16.5. The van der Waals surface area contributed by atoms with Gasteiger partial charge in [-0.25, -0.2) is 9.69 Å². The van der Waals surface area contributed by atoms with Crippen molar-refractivity contribution in [1.29, 1.82) is 0 Å². The molecule has 2 aliphatic rings. The smallest absolute Gasteiger partial charge is 0.335 e. The summed E-state index contributed by atoms with van der Waals surface area (Å²) < 4.78 is 5.85. The van der Waals surface area contributed by atoms with Crippen LogP contribution < -0.4 is 15.1 Å². The van der Waals surface area contributed by atoms with Crippen LogP contribution >= 0.6 is 0 Å². The van der Waals surface area contributed by atoms with E-state index in [1.807, 2.05) is 26.0 Å². The Balaban J connectivity index is 1.65. The SMILES string of the molecule is Cc1cccc(N2C(=O)NC(=O)/C(=C/c3ccc(N4CCCCC4)o3)C2=O)c1C. The van der Waals surface area contributed by atoms with Crippen molar-refractivity contribution in [2.24, 2.45) is 0 Å². The Morgan fingerprint density at radius 1 is 1.00 bits per heavy atom. The second kappa shape index (κ2) is 7.58. The summed E-state index contributed by atoms with van der Waals surface area (Å²) in [7, 11) is 0. The van der Waals surface area contributed by atoms with Crippen LogP contribution in [0.25, 0.3) is 6.08 Å². The van der Waals surface area contributed by atoms with Crippen LogP contribution in [-0.2, 0) is 9.59 Å². The van der Waals surface area contributed by atoms with E-state index < -0.39 is 17.8 Å². The molecule has 2 aliphatic heterocycles. The van der Waals surface area contributed by atoms with E-state index in [4.69, 9.17) is 4.42 Å². The molecule has 7 heteroatoms. The maximum atomic E-state index is 13.0. The lowest BCUT2D eigenvalue weighted by Gasteiger charge is -2.28.